The van der Waals surface area contributed by atoms with Crippen LogP contribution in [0.4, 0.5) is 5.82 Å². The second-order valence-electron chi connectivity index (χ2n) is 6.04. The zero-order valence-corrected chi connectivity index (χ0v) is 13.2. The predicted octanol–water partition coefficient (Wildman–Crippen LogP) is 4.53. The number of nitrogens with zero attached hydrogens (tertiary/aromatic N) is 3. The van der Waals surface area contributed by atoms with Gasteiger partial charge in [0.2, 0.25) is 0 Å². The fraction of sp³-hybridized carbons (Fsp3) is 0.250. The fourth-order valence-electron chi connectivity index (χ4n) is 3.22. The normalized spacial score (nSPS) is 14.9. The first-order chi connectivity index (χ1) is 11.4. The molecule has 3 aromatic rings. The Hall–Kier alpha value is -2.55. The van der Waals surface area contributed by atoms with E-state index in [0.717, 1.165) is 36.0 Å². The third-order valence-corrected chi connectivity index (χ3v) is 4.44. The van der Waals surface area contributed by atoms with Crippen LogP contribution < -0.4 is 4.90 Å². The van der Waals surface area contributed by atoms with Gasteiger partial charge in [0.15, 0.2) is 0 Å². The lowest BCUT2D eigenvalue weighted by atomic mass is 10.1. The number of hydrogen-bond donors (Lipinski definition) is 0. The molecule has 116 valence electrons. The lowest BCUT2D eigenvalue weighted by molar-refractivity contribution is 0.574. The first-order valence-corrected chi connectivity index (χ1v) is 8.37. The van der Waals surface area contributed by atoms with Crippen molar-refractivity contribution in [3.8, 4) is 17.1 Å². The average Bonchev–Trinajstić information content (AvgIpc) is 3.09. The minimum atomic E-state index is 1.01. The number of hydrogen-bond acceptors (Lipinski definition) is 2. The Morgan fingerprint density at radius 2 is 1.39 bits per heavy atom. The first-order valence-electron chi connectivity index (χ1n) is 8.37. The van der Waals surface area contributed by atoms with Gasteiger partial charge in [-0.25, -0.2) is 4.98 Å². The highest BCUT2D eigenvalue weighted by Gasteiger charge is 2.17. The van der Waals surface area contributed by atoms with Gasteiger partial charge in [0.25, 0.3) is 0 Å². The highest BCUT2D eigenvalue weighted by molar-refractivity contribution is 5.62. The lowest BCUT2D eigenvalue weighted by Crippen LogP contribution is -2.29. The maximum Gasteiger partial charge on any atom is 0.147 e. The molecule has 1 saturated heterocycles. The van der Waals surface area contributed by atoms with Gasteiger partial charge in [-0.05, 0) is 31.4 Å². The van der Waals surface area contributed by atoms with E-state index in [9.17, 15) is 0 Å². The molecule has 1 aliphatic heterocycles. The largest absolute Gasteiger partial charge is 0.355 e. The maximum atomic E-state index is 4.97. The van der Waals surface area contributed by atoms with Crippen molar-refractivity contribution in [1.29, 1.82) is 0 Å². The monoisotopic (exact) mass is 303 g/mol. The van der Waals surface area contributed by atoms with Gasteiger partial charge in [-0.15, -0.1) is 0 Å². The summed E-state index contributed by atoms with van der Waals surface area (Å²) in [6.45, 7) is 2.22. The second-order valence-corrected chi connectivity index (χ2v) is 6.04. The van der Waals surface area contributed by atoms with Crippen molar-refractivity contribution >= 4 is 5.82 Å². The molecule has 0 N–H and O–H groups in total. The molecule has 0 radical (unpaired) electrons. The third-order valence-electron chi connectivity index (χ3n) is 4.44. The molecule has 0 aliphatic carbocycles. The van der Waals surface area contributed by atoms with Gasteiger partial charge in [0.1, 0.15) is 11.6 Å². The van der Waals surface area contributed by atoms with Crippen LogP contribution in [0.3, 0.4) is 0 Å². The molecule has 0 unspecified atom stereocenters. The van der Waals surface area contributed by atoms with Gasteiger partial charge in [0.05, 0.1) is 6.20 Å². The number of para-hydroxylation sites is 1. The Morgan fingerprint density at radius 1 is 0.739 bits per heavy atom. The van der Waals surface area contributed by atoms with Crippen molar-refractivity contribution in [1.82, 2.24) is 9.55 Å². The van der Waals surface area contributed by atoms with E-state index in [1.165, 1.54) is 19.3 Å². The predicted molar refractivity (Wildman–Crippen MR) is 95.1 cm³/mol. The Balaban J connectivity index is 1.81. The summed E-state index contributed by atoms with van der Waals surface area (Å²) in [6.07, 6.45) is 6.04. The van der Waals surface area contributed by atoms with E-state index < -0.39 is 0 Å². The molecular formula is C20H21N3. The first kappa shape index (κ1) is 14.1. The van der Waals surface area contributed by atoms with Gasteiger partial charge < -0.3 is 4.90 Å². The molecule has 0 spiro atoms. The molecule has 2 aromatic carbocycles. The highest BCUT2D eigenvalue weighted by Crippen LogP contribution is 2.27. The molecule has 2 heterocycles. The van der Waals surface area contributed by atoms with Crippen molar-refractivity contribution in [2.45, 2.75) is 19.3 Å². The molecule has 0 atom stereocenters. The zero-order chi connectivity index (χ0) is 15.5. The van der Waals surface area contributed by atoms with E-state index in [1.807, 2.05) is 12.1 Å². The van der Waals surface area contributed by atoms with E-state index in [1.54, 1.807) is 0 Å². The van der Waals surface area contributed by atoms with Crippen LogP contribution in [0, 0.1) is 0 Å². The molecule has 23 heavy (non-hydrogen) atoms. The summed E-state index contributed by atoms with van der Waals surface area (Å²) >= 11 is 0. The Kier molecular flexibility index (Phi) is 3.85. The molecule has 1 fully saturated rings. The lowest BCUT2D eigenvalue weighted by Gasteiger charge is -2.26. The van der Waals surface area contributed by atoms with Gasteiger partial charge >= 0.3 is 0 Å². The topological polar surface area (TPSA) is 21.1 Å². The van der Waals surface area contributed by atoms with Gasteiger partial charge in [-0.2, -0.15) is 0 Å². The number of piperidine rings is 1. The molecule has 1 aliphatic rings. The second kappa shape index (κ2) is 6.29. The van der Waals surface area contributed by atoms with Crippen LogP contribution >= 0.6 is 0 Å². The van der Waals surface area contributed by atoms with Crippen LogP contribution in [0.25, 0.3) is 17.1 Å². The number of anilines is 1. The summed E-state index contributed by atoms with van der Waals surface area (Å²) in [5.74, 6) is 2.10. The molecular weight excluding hydrogens is 282 g/mol. The minimum Gasteiger partial charge on any atom is -0.355 e. The van der Waals surface area contributed by atoms with E-state index in [2.05, 4.69) is 64.2 Å². The number of imidazole rings is 1. The quantitative estimate of drug-likeness (QED) is 0.709. The van der Waals surface area contributed by atoms with Crippen LogP contribution in [0.2, 0.25) is 0 Å². The van der Waals surface area contributed by atoms with Gasteiger partial charge in [0, 0.05) is 24.3 Å². The highest BCUT2D eigenvalue weighted by atomic mass is 15.2. The molecule has 3 heteroatoms. The Labute approximate surface area is 137 Å². The van der Waals surface area contributed by atoms with Gasteiger partial charge in [-0.3, -0.25) is 4.57 Å². The van der Waals surface area contributed by atoms with Crippen LogP contribution in [0.1, 0.15) is 19.3 Å². The Morgan fingerprint density at radius 3 is 2.09 bits per heavy atom. The Bertz CT molecular complexity index is 699. The number of rotatable bonds is 3. The van der Waals surface area contributed by atoms with Crippen molar-refractivity contribution in [3.63, 3.8) is 0 Å². The minimum absolute atomic E-state index is 1.01. The van der Waals surface area contributed by atoms with Crippen LogP contribution in [-0.2, 0) is 0 Å². The van der Waals surface area contributed by atoms with Gasteiger partial charge in [-0.1, -0.05) is 48.5 Å². The molecule has 1 aromatic heterocycles. The van der Waals surface area contributed by atoms with E-state index in [0.29, 0.717) is 0 Å². The SMILES string of the molecule is c1ccc(-c2nc(N3CCCCC3)cn2-c2ccccc2)cc1. The van der Waals surface area contributed by atoms with E-state index in [-0.39, 0.29) is 0 Å². The summed E-state index contributed by atoms with van der Waals surface area (Å²) in [7, 11) is 0. The fourth-order valence-corrected chi connectivity index (χ4v) is 3.22. The number of aromatic nitrogens is 2. The standard InChI is InChI=1S/C20H21N3/c1-4-10-17(11-5-1)20-21-19(22-14-8-3-9-15-22)16-23(20)18-12-6-2-7-13-18/h1-2,4-7,10-13,16H,3,8-9,14-15H2. The average molecular weight is 303 g/mol. The summed E-state index contributed by atoms with van der Waals surface area (Å²) in [5, 5.41) is 0. The molecule has 3 nitrogen and oxygen atoms in total. The third kappa shape index (κ3) is 2.87. The van der Waals surface area contributed by atoms with Crippen molar-refractivity contribution in [2.75, 3.05) is 18.0 Å². The summed E-state index contributed by atoms with van der Waals surface area (Å²) in [6, 6.07) is 20.9. The van der Waals surface area contributed by atoms with Crippen molar-refractivity contribution in [3.05, 3.63) is 66.9 Å². The summed E-state index contributed by atoms with van der Waals surface area (Å²) in [4.78, 5) is 7.38. The summed E-state index contributed by atoms with van der Waals surface area (Å²) in [5.41, 5.74) is 2.31. The maximum absolute atomic E-state index is 4.97. The smallest absolute Gasteiger partial charge is 0.147 e. The number of benzene rings is 2. The van der Waals surface area contributed by atoms with Crippen LogP contribution in [0.15, 0.2) is 66.9 Å². The van der Waals surface area contributed by atoms with Crippen molar-refractivity contribution < 1.29 is 0 Å². The van der Waals surface area contributed by atoms with E-state index in [4.69, 9.17) is 4.98 Å². The molecule has 0 saturated carbocycles. The van der Waals surface area contributed by atoms with Crippen LogP contribution in [0.5, 0.6) is 0 Å². The van der Waals surface area contributed by atoms with Crippen LogP contribution in [-0.4, -0.2) is 22.6 Å². The van der Waals surface area contributed by atoms with E-state index >= 15 is 0 Å². The summed E-state index contributed by atoms with van der Waals surface area (Å²) < 4.78 is 2.21. The molecule has 0 bridgehead atoms. The zero-order valence-electron chi connectivity index (χ0n) is 13.2. The van der Waals surface area contributed by atoms with Crippen molar-refractivity contribution in [2.24, 2.45) is 0 Å². The molecule has 4 rings (SSSR count). The molecule has 0 amide bonds.